The summed E-state index contributed by atoms with van der Waals surface area (Å²) in [6, 6.07) is 19.7. The molecule has 0 saturated heterocycles. The highest BCUT2D eigenvalue weighted by molar-refractivity contribution is 6.46. The summed E-state index contributed by atoms with van der Waals surface area (Å²) < 4.78 is 18.6. The van der Waals surface area contributed by atoms with Crippen LogP contribution in [0.4, 0.5) is 15.8 Å². The van der Waals surface area contributed by atoms with Crippen LogP contribution in [0.3, 0.4) is 0 Å². The normalized spacial score (nSPS) is 13.8. The molecule has 6 heteroatoms. The number of nitrogens with zero attached hydrogens (tertiary/aromatic N) is 1. The number of anilines is 2. The molecule has 0 atom stereocenters. The predicted octanol–water partition coefficient (Wildman–Crippen LogP) is 4.54. The van der Waals surface area contributed by atoms with Crippen molar-refractivity contribution in [3.05, 3.63) is 95.4 Å². The van der Waals surface area contributed by atoms with E-state index in [1.165, 1.54) is 24.3 Å². The van der Waals surface area contributed by atoms with Gasteiger partial charge in [-0.25, -0.2) is 9.29 Å². The molecule has 0 aliphatic carbocycles. The Kier molecular flexibility index (Phi) is 5.06. The third kappa shape index (κ3) is 3.43. The molecule has 150 valence electrons. The summed E-state index contributed by atoms with van der Waals surface area (Å²) in [6.07, 6.45) is 0. The fourth-order valence-electron chi connectivity index (χ4n) is 3.34. The molecular weight excluding hydrogens is 383 g/mol. The molecule has 0 radical (unpaired) electrons. The van der Waals surface area contributed by atoms with Gasteiger partial charge in [-0.3, -0.25) is 9.59 Å². The number of ether oxygens (including phenoxy) is 1. The summed E-state index contributed by atoms with van der Waals surface area (Å²) in [6.45, 7) is 1.91. The second kappa shape index (κ2) is 7.83. The number of carbonyl (C=O) groups is 2. The lowest BCUT2D eigenvalue weighted by molar-refractivity contribution is -0.120. The van der Waals surface area contributed by atoms with Crippen molar-refractivity contribution in [2.45, 2.75) is 6.92 Å². The molecule has 1 heterocycles. The van der Waals surface area contributed by atoms with Crippen LogP contribution in [0.2, 0.25) is 0 Å². The minimum absolute atomic E-state index is 0.170. The maximum absolute atomic E-state index is 13.4. The fourth-order valence-corrected chi connectivity index (χ4v) is 3.34. The molecule has 2 amide bonds. The Hall–Kier alpha value is -3.93. The van der Waals surface area contributed by atoms with Gasteiger partial charge in [0.2, 0.25) is 0 Å². The van der Waals surface area contributed by atoms with Crippen LogP contribution in [0.5, 0.6) is 5.75 Å². The molecule has 0 aromatic heterocycles. The van der Waals surface area contributed by atoms with E-state index in [9.17, 15) is 14.0 Å². The highest BCUT2D eigenvalue weighted by Gasteiger charge is 2.40. The molecule has 1 aliphatic heterocycles. The lowest BCUT2D eigenvalue weighted by Gasteiger charge is -2.15. The van der Waals surface area contributed by atoms with E-state index in [0.717, 1.165) is 16.2 Å². The fraction of sp³-hybridized carbons (Fsp3) is 0.0833. The number of carbonyl (C=O) groups excluding carboxylic acids is 2. The van der Waals surface area contributed by atoms with E-state index in [2.05, 4.69) is 5.32 Å². The first-order chi connectivity index (χ1) is 14.5. The summed E-state index contributed by atoms with van der Waals surface area (Å²) >= 11 is 0. The lowest BCUT2D eigenvalue weighted by Crippen LogP contribution is -2.32. The lowest BCUT2D eigenvalue weighted by atomic mass is 10.0. The highest BCUT2D eigenvalue weighted by Crippen LogP contribution is 2.34. The van der Waals surface area contributed by atoms with E-state index < -0.39 is 17.6 Å². The smallest absolute Gasteiger partial charge is 0.282 e. The number of nitrogens with one attached hydrogen (secondary N) is 1. The van der Waals surface area contributed by atoms with Gasteiger partial charge in [0.15, 0.2) is 0 Å². The summed E-state index contributed by atoms with van der Waals surface area (Å²) in [7, 11) is 1.56. The van der Waals surface area contributed by atoms with Gasteiger partial charge in [-0.15, -0.1) is 0 Å². The van der Waals surface area contributed by atoms with Crippen molar-refractivity contribution in [3.8, 4) is 5.75 Å². The van der Waals surface area contributed by atoms with E-state index in [4.69, 9.17) is 4.74 Å². The van der Waals surface area contributed by atoms with Gasteiger partial charge in [-0.2, -0.15) is 0 Å². The molecule has 4 rings (SSSR count). The van der Waals surface area contributed by atoms with Crippen molar-refractivity contribution in [1.29, 1.82) is 0 Å². The van der Waals surface area contributed by atoms with Gasteiger partial charge < -0.3 is 10.1 Å². The van der Waals surface area contributed by atoms with Crippen molar-refractivity contribution in [1.82, 2.24) is 0 Å². The molecular formula is C24H19FN2O3. The molecule has 30 heavy (non-hydrogen) atoms. The first-order valence-corrected chi connectivity index (χ1v) is 9.35. The predicted molar refractivity (Wildman–Crippen MR) is 114 cm³/mol. The highest BCUT2D eigenvalue weighted by atomic mass is 19.1. The molecule has 1 aliphatic rings. The second-order valence-corrected chi connectivity index (χ2v) is 6.84. The monoisotopic (exact) mass is 402 g/mol. The van der Waals surface area contributed by atoms with Crippen LogP contribution >= 0.6 is 0 Å². The number of hydrogen-bond acceptors (Lipinski definition) is 4. The Labute approximate surface area is 173 Å². The number of hydrogen-bond donors (Lipinski definition) is 1. The van der Waals surface area contributed by atoms with Gasteiger partial charge in [0.1, 0.15) is 17.3 Å². The van der Waals surface area contributed by atoms with E-state index in [0.29, 0.717) is 17.0 Å². The number of benzene rings is 3. The average molecular weight is 402 g/mol. The zero-order valence-corrected chi connectivity index (χ0v) is 16.5. The molecule has 1 N–H and O–H groups in total. The number of amides is 2. The molecule has 3 aromatic rings. The van der Waals surface area contributed by atoms with Crippen molar-refractivity contribution < 1.29 is 18.7 Å². The van der Waals surface area contributed by atoms with Crippen LogP contribution in [0.15, 0.2) is 78.5 Å². The molecule has 3 aromatic carbocycles. The van der Waals surface area contributed by atoms with E-state index >= 15 is 0 Å². The Morgan fingerprint density at radius 3 is 2.17 bits per heavy atom. The summed E-state index contributed by atoms with van der Waals surface area (Å²) in [5.74, 6) is -0.784. The topological polar surface area (TPSA) is 58.6 Å². The number of halogens is 1. The average Bonchev–Trinajstić information content (AvgIpc) is 3.00. The van der Waals surface area contributed by atoms with Crippen LogP contribution in [-0.2, 0) is 9.59 Å². The third-order valence-corrected chi connectivity index (χ3v) is 4.95. The van der Waals surface area contributed by atoms with Crippen LogP contribution in [0.25, 0.3) is 5.57 Å². The van der Waals surface area contributed by atoms with Gasteiger partial charge in [0, 0.05) is 5.69 Å². The summed E-state index contributed by atoms with van der Waals surface area (Å²) in [5, 5.41) is 3.14. The molecule has 0 unspecified atom stereocenters. The molecule has 0 fully saturated rings. The first-order valence-electron chi connectivity index (χ1n) is 9.35. The standard InChI is InChI=1S/C24H19FN2O3/c1-15-5-3-4-6-20(15)26-22-21(16-7-13-19(30-2)14-8-16)23(28)27(24(22)29)18-11-9-17(25)10-12-18/h3-14,26H,1-2H3. The van der Waals surface area contributed by atoms with Crippen LogP contribution in [-0.4, -0.2) is 18.9 Å². The molecule has 0 bridgehead atoms. The zero-order valence-electron chi connectivity index (χ0n) is 16.5. The van der Waals surface area contributed by atoms with Crippen LogP contribution < -0.4 is 15.0 Å². The number of methoxy groups -OCH3 is 1. The van der Waals surface area contributed by atoms with Gasteiger partial charge >= 0.3 is 0 Å². The second-order valence-electron chi connectivity index (χ2n) is 6.84. The molecule has 0 spiro atoms. The Morgan fingerprint density at radius 1 is 0.867 bits per heavy atom. The van der Waals surface area contributed by atoms with Gasteiger partial charge in [0.05, 0.1) is 18.4 Å². The number of rotatable bonds is 5. The van der Waals surface area contributed by atoms with Gasteiger partial charge in [0.25, 0.3) is 11.8 Å². The number of aryl methyl sites for hydroxylation is 1. The van der Waals surface area contributed by atoms with Crippen molar-refractivity contribution >= 4 is 28.8 Å². The maximum atomic E-state index is 13.4. The number of para-hydroxylation sites is 1. The minimum atomic E-state index is -0.499. The van der Waals surface area contributed by atoms with E-state index in [-0.39, 0.29) is 11.3 Å². The quantitative estimate of drug-likeness (QED) is 0.637. The van der Waals surface area contributed by atoms with Crippen molar-refractivity contribution in [2.75, 3.05) is 17.3 Å². The third-order valence-electron chi connectivity index (χ3n) is 4.95. The summed E-state index contributed by atoms with van der Waals surface area (Å²) in [4.78, 5) is 27.7. The Bertz CT molecular complexity index is 1150. The van der Waals surface area contributed by atoms with E-state index in [1.54, 1.807) is 31.4 Å². The molecule has 0 saturated carbocycles. The van der Waals surface area contributed by atoms with Gasteiger partial charge in [-0.05, 0) is 60.5 Å². The Balaban J connectivity index is 1.82. The van der Waals surface area contributed by atoms with Crippen LogP contribution in [0.1, 0.15) is 11.1 Å². The number of imide groups is 1. The van der Waals surface area contributed by atoms with Crippen LogP contribution in [0, 0.1) is 12.7 Å². The SMILES string of the molecule is COc1ccc(C2=C(Nc3ccccc3C)C(=O)N(c3ccc(F)cc3)C2=O)cc1. The zero-order chi connectivity index (χ0) is 21.3. The maximum Gasteiger partial charge on any atom is 0.282 e. The minimum Gasteiger partial charge on any atom is -0.497 e. The largest absolute Gasteiger partial charge is 0.497 e. The molecule has 5 nitrogen and oxygen atoms in total. The Morgan fingerprint density at radius 2 is 1.53 bits per heavy atom. The van der Waals surface area contributed by atoms with Crippen molar-refractivity contribution in [2.24, 2.45) is 0 Å². The van der Waals surface area contributed by atoms with Gasteiger partial charge in [-0.1, -0.05) is 30.3 Å². The van der Waals surface area contributed by atoms with E-state index in [1.807, 2.05) is 31.2 Å². The summed E-state index contributed by atoms with van der Waals surface area (Å²) in [5.41, 5.74) is 2.95. The first kappa shape index (κ1) is 19.4. The van der Waals surface area contributed by atoms with Crippen molar-refractivity contribution in [3.63, 3.8) is 0 Å².